The minimum absolute atomic E-state index is 0.0112. The van der Waals surface area contributed by atoms with Crippen molar-refractivity contribution in [3.8, 4) is 0 Å². The van der Waals surface area contributed by atoms with Gasteiger partial charge in [-0.1, -0.05) is 49.7 Å². The van der Waals surface area contributed by atoms with Gasteiger partial charge in [-0.3, -0.25) is 9.69 Å². The molecule has 0 bridgehead atoms. The summed E-state index contributed by atoms with van der Waals surface area (Å²) in [6.07, 6.45) is 2.22. The predicted octanol–water partition coefficient (Wildman–Crippen LogP) is 3.78. The van der Waals surface area contributed by atoms with Crippen molar-refractivity contribution in [2.75, 3.05) is 37.6 Å². The van der Waals surface area contributed by atoms with Gasteiger partial charge in [0.1, 0.15) is 5.82 Å². The van der Waals surface area contributed by atoms with Gasteiger partial charge in [0.05, 0.1) is 18.3 Å². The number of hydrogen-bond acceptors (Lipinski definition) is 3. The zero-order valence-corrected chi connectivity index (χ0v) is 16.8. The Hall–Kier alpha value is -2.40. The number of carbonyl (C=O) groups excluding carboxylic acids is 1. The molecule has 3 rings (SSSR count). The fourth-order valence-corrected chi connectivity index (χ4v) is 3.69. The first-order chi connectivity index (χ1) is 13.6. The molecule has 0 aliphatic carbocycles. The van der Waals surface area contributed by atoms with Crippen LogP contribution >= 0.6 is 0 Å². The van der Waals surface area contributed by atoms with Gasteiger partial charge in [-0.05, 0) is 36.6 Å². The molecule has 1 atom stereocenters. The monoisotopic (exact) mass is 383 g/mol. The van der Waals surface area contributed by atoms with E-state index in [-0.39, 0.29) is 17.8 Å². The number of rotatable bonds is 7. The van der Waals surface area contributed by atoms with E-state index < -0.39 is 0 Å². The highest BCUT2D eigenvalue weighted by atomic mass is 19.1. The van der Waals surface area contributed by atoms with Crippen molar-refractivity contribution < 1.29 is 9.18 Å². The largest absolute Gasteiger partial charge is 0.367 e. The molecule has 150 valence electrons. The summed E-state index contributed by atoms with van der Waals surface area (Å²) in [5, 5.41) is 3.09. The molecule has 1 unspecified atom stereocenters. The average Bonchev–Trinajstić information content (AvgIpc) is 2.70. The normalized spacial score (nSPS) is 16.0. The minimum Gasteiger partial charge on any atom is -0.367 e. The molecule has 28 heavy (non-hydrogen) atoms. The summed E-state index contributed by atoms with van der Waals surface area (Å²) in [5.41, 5.74) is 3.10. The maximum absolute atomic E-state index is 13.9. The third kappa shape index (κ3) is 5.32. The van der Waals surface area contributed by atoms with E-state index in [1.165, 1.54) is 11.6 Å². The number of aryl methyl sites for hydroxylation is 1. The fourth-order valence-electron chi connectivity index (χ4n) is 3.69. The van der Waals surface area contributed by atoms with Gasteiger partial charge >= 0.3 is 0 Å². The SMILES string of the molecule is CCCc1ccc(C(C)NC(=O)CN2CCN(c3ccccc3F)CC2)cc1. The Morgan fingerprint density at radius 1 is 1.07 bits per heavy atom. The third-order valence-corrected chi connectivity index (χ3v) is 5.33. The number of carbonyl (C=O) groups is 1. The van der Waals surface area contributed by atoms with Crippen molar-refractivity contribution in [2.45, 2.75) is 32.7 Å². The van der Waals surface area contributed by atoms with Gasteiger partial charge < -0.3 is 10.2 Å². The number of nitrogens with zero attached hydrogens (tertiary/aromatic N) is 2. The Bertz CT molecular complexity index is 770. The molecule has 0 saturated carbocycles. The van der Waals surface area contributed by atoms with Crippen LogP contribution < -0.4 is 10.2 Å². The van der Waals surface area contributed by atoms with E-state index >= 15 is 0 Å². The van der Waals surface area contributed by atoms with Crippen LogP contribution in [0.2, 0.25) is 0 Å². The van der Waals surface area contributed by atoms with Gasteiger partial charge in [-0.2, -0.15) is 0 Å². The minimum atomic E-state index is -0.188. The fraction of sp³-hybridized carbons (Fsp3) is 0.435. The Kier molecular flexibility index (Phi) is 7.04. The molecule has 2 aromatic carbocycles. The standard InChI is InChI=1S/C23H30FN3O/c1-3-6-19-9-11-20(12-10-19)18(2)25-23(28)17-26-13-15-27(16-14-26)22-8-5-4-7-21(22)24/h4-5,7-12,18H,3,6,13-17H2,1-2H3,(H,25,28). The van der Waals surface area contributed by atoms with Gasteiger partial charge in [-0.25, -0.2) is 4.39 Å². The maximum Gasteiger partial charge on any atom is 0.234 e. The summed E-state index contributed by atoms with van der Waals surface area (Å²) in [4.78, 5) is 16.6. The number of hydrogen-bond donors (Lipinski definition) is 1. The van der Waals surface area contributed by atoms with E-state index in [0.717, 1.165) is 44.6 Å². The number of nitrogens with one attached hydrogen (secondary N) is 1. The first kappa shape index (κ1) is 20.3. The zero-order valence-electron chi connectivity index (χ0n) is 16.8. The highest BCUT2D eigenvalue weighted by molar-refractivity contribution is 5.78. The molecular formula is C23H30FN3O. The van der Waals surface area contributed by atoms with Crippen molar-refractivity contribution in [3.05, 3.63) is 65.5 Å². The first-order valence-corrected chi connectivity index (χ1v) is 10.2. The topological polar surface area (TPSA) is 35.6 Å². The molecule has 1 fully saturated rings. The van der Waals surface area contributed by atoms with Gasteiger partial charge in [0.25, 0.3) is 0 Å². The molecule has 1 N–H and O–H groups in total. The van der Waals surface area contributed by atoms with Crippen molar-refractivity contribution in [1.29, 1.82) is 0 Å². The molecule has 0 spiro atoms. The predicted molar refractivity (Wildman–Crippen MR) is 112 cm³/mol. The van der Waals surface area contributed by atoms with Gasteiger partial charge in [0, 0.05) is 26.2 Å². The van der Waals surface area contributed by atoms with Crippen LogP contribution in [0.1, 0.15) is 37.4 Å². The lowest BCUT2D eigenvalue weighted by atomic mass is 10.0. The lowest BCUT2D eigenvalue weighted by Crippen LogP contribution is -2.49. The van der Waals surface area contributed by atoms with Crippen molar-refractivity contribution in [1.82, 2.24) is 10.2 Å². The van der Waals surface area contributed by atoms with E-state index in [9.17, 15) is 9.18 Å². The number of amides is 1. The van der Waals surface area contributed by atoms with E-state index in [0.29, 0.717) is 12.2 Å². The summed E-state index contributed by atoms with van der Waals surface area (Å²) in [7, 11) is 0. The van der Waals surface area contributed by atoms with Crippen LogP contribution in [0, 0.1) is 5.82 Å². The number of piperazine rings is 1. The van der Waals surface area contributed by atoms with Crippen LogP contribution in [0.25, 0.3) is 0 Å². The second-order valence-electron chi connectivity index (χ2n) is 7.50. The lowest BCUT2D eigenvalue weighted by molar-refractivity contribution is -0.123. The Morgan fingerprint density at radius 2 is 1.75 bits per heavy atom. The molecule has 1 saturated heterocycles. The van der Waals surface area contributed by atoms with Crippen molar-refractivity contribution in [3.63, 3.8) is 0 Å². The smallest absolute Gasteiger partial charge is 0.234 e. The Morgan fingerprint density at radius 3 is 2.39 bits per heavy atom. The highest BCUT2D eigenvalue weighted by Crippen LogP contribution is 2.20. The summed E-state index contributed by atoms with van der Waals surface area (Å²) < 4.78 is 13.9. The number of benzene rings is 2. The van der Waals surface area contributed by atoms with Gasteiger partial charge in [-0.15, -0.1) is 0 Å². The summed E-state index contributed by atoms with van der Waals surface area (Å²) in [5.74, 6) is -0.156. The molecular weight excluding hydrogens is 353 g/mol. The Balaban J connectivity index is 1.46. The van der Waals surface area contributed by atoms with E-state index in [4.69, 9.17) is 0 Å². The first-order valence-electron chi connectivity index (χ1n) is 10.2. The summed E-state index contributed by atoms with van der Waals surface area (Å²) in [6.45, 7) is 7.52. The van der Waals surface area contributed by atoms with Crippen molar-refractivity contribution >= 4 is 11.6 Å². The zero-order chi connectivity index (χ0) is 19.9. The van der Waals surface area contributed by atoms with Gasteiger partial charge in [0.2, 0.25) is 5.91 Å². The van der Waals surface area contributed by atoms with Crippen LogP contribution in [0.4, 0.5) is 10.1 Å². The maximum atomic E-state index is 13.9. The molecule has 4 nitrogen and oxygen atoms in total. The van der Waals surface area contributed by atoms with E-state index in [1.54, 1.807) is 6.07 Å². The van der Waals surface area contributed by atoms with Crippen LogP contribution in [0.3, 0.4) is 0 Å². The summed E-state index contributed by atoms with van der Waals surface area (Å²) >= 11 is 0. The lowest BCUT2D eigenvalue weighted by Gasteiger charge is -2.36. The molecule has 0 radical (unpaired) electrons. The van der Waals surface area contributed by atoms with E-state index in [2.05, 4.69) is 41.4 Å². The van der Waals surface area contributed by atoms with Crippen LogP contribution in [0.5, 0.6) is 0 Å². The molecule has 1 aliphatic rings. The number of para-hydroxylation sites is 1. The average molecular weight is 384 g/mol. The molecule has 2 aromatic rings. The van der Waals surface area contributed by atoms with E-state index in [1.807, 2.05) is 24.0 Å². The third-order valence-electron chi connectivity index (χ3n) is 5.33. The highest BCUT2D eigenvalue weighted by Gasteiger charge is 2.21. The molecule has 5 heteroatoms. The molecule has 1 aliphatic heterocycles. The second-order valence-corrected chi connectivity index (χ2v) is 7.50. The van der Waals surface area contributed by atoms with Crippen LogP contribution in [-0.2, 0) is 11.2 Å². The molecule has 1 amide bonds. The van der Waals surface area contributed by atoms with Crippen molar-refractivity contribution in [2.24, 2.45) is 0 Å². The number of anilines is 1. The second kappa shape index (κ2) is 9.69. The summed E-state index contributed by atoms with van der Waals surface area (Å²) in [6, 6.07) is 15.3. The van der Waals surface area contributed by atoms with Gasteiger partial charge in [0.15, 0.2) is 0 Å². The van der Waals surface area contributed by atoms with Crippen LogP contribution in [-0.4, -0.2) is 43.5 Å². The molecule has 0 aromatic heterocycles. The van der Waals surface area contributed by atoms with Crippen LogP contribution in [0.15, 0.2) is 48.5 Å². The Labute approximate surface area is 167 Å². The number of halogens is 1. The quantitative estimate of drug-likeness (QED) is 0.790. The molecule has 1 heterocycles.